The van der Waals surface area contributed by atoms with Crippen LogP contribution in [-0.2, 0) is 0 Å². The number of hydrogen-bond donors (Lipinski definition) is 1. The van der Waals surface area contributed by atoms with Gasteiger partial charge in [0, 0.05) is 16.7 Å². The summed E-state index contributed by atoms with van der Waals surface area (Å²) in [6, 6.07) is 17.4. The minimum atomic E-state index is -1.13. The van der Waals surface area contributed by atoms with Crippen molar-refractivity contribution in [2.75, 3.05) is 0 Å². The van der Waals surface area contributed by atoms with Gasteiger partial charge in [0.05, 0.1) is 11.4 Å². The molecule has 0 aliphatic rings. The minimum Gasteiger partial charge on any atom is -0.475 e. The van der Waals surface area contributed by atoms with Gasteiger partial charge in [-0.25, -0.2) is 14.8 Å². The number of nitrogens with zero attached hydrogens (tertiary/aromatic N) is 2. The lowest BCUT2D eigenvalue weighted by atomic mass is 9.98. The standard InChI is InChI=1S/C19H16N2O2/c1-12-8-6-7-11-15(12)17-13(2)16(14-9-4-3-5-10-14)20-18(21-17)19(22)23/h3-11H,1-2H3,(H,22,23). The van der Waals surface area contributed by atoms with E-state index in [0.29, 0.717) is 11.4 Å². The van der Waals surface area contributed by atoms with Crippen molar-refractivity contribution in [3.05, 3.63) is 71.5 Å². The lowest BCUT2D eigenvalue weighted by Gasteiger charge is -2.13. The predicted octanol–water partition coefficient (Wildman–Crippen LogP) is 4.13. The lowest BCUT2D eigenvalue weighted by molar-refractivity contribution is 0.0683. The molecule has 0 amide bonds. The smallest absolute Gasteiger partial charge is 0.373 e. The van der Waals surface area contributed by atoms with Crippen molar-refractivity contribution in [3.8, 4) is 22.5 Å². The number of aromatic nitrogens is 2. The van der Waals surface area contributed by atoms with E-state index >= 15 is 0 Å². The van der Waals surface area contributed by atoms with Crippen LogP contribution in [0.4, 0.5) is 0 Å². The molecule has 4 heteroatoms. The molecule has 0 bridgehead atoms. The van der Waals surface area contributed by atoms with E-state index in [1.165, 1.54) is 0 Å². The van der Waals surface area contributed by atoms with E-state index in [2.05, 4.69) is 9.97 Å². The Balaban J connectivity index is 2.31. The van der Waals surface area contributed by atoms with Gasteiger partial charge in [0.25, 0.3) is 0 Å². The van der Waals surface area contributed by atoms with Crippen molar-refractivity contribution < 1.29 is 9.90 Å². The Bertz CT molecular complexity index is 874. The number of hydrogen-bond acceptors (Lipinski definition) is 3. The molecule has 0 saturated carbocycles. The number of rotatable bonds is 3. The first kappa shape index (κ1) is 14.9. The molecule has 0 atom stereocenters. The van der Waals surface area contributed by atoms with Gasteiger partial charge < -0.3 is 5.11 Å². The first-order chi connectivity index (χ1) is 11.1. The van der Waals surface area contributed by atoms with Crippen LogP contribution >= 0.6 is 0 Å². The van der Waals surface area contributed by atoms with Crippen LogP contribution < -0.4 is 0 Å². The topological polar surface area (TPSA) is 63.1 Å². The number of aryl methyl sites for hydroxylation is 1. The quantitative estimate of drug-likeness (QED) is 0.790. The second-order valence-corrected chi connectivity index (χ2v) is 5.36. The van der Waals surface area contributed by atoms with E-state index in [9.17, 15) is 9.90 Å². The van der Waals surface area contributed by atoms with Crippen LogP contribution in [0.1, 0.15) is 21.7 Å². The maximum atomic E-state index is 11.4. The van der Waals surface area contributed by atoms with E-state index in [4.69, 9.17) is 0 Å². The average Bonchev–Trinajstić information content (AvgIpc) is 2.56. The van der Waals surface area contributed by atoms with Gasteiger partial charge in [0.1, 0.15) is 0 Å². The summed E-state index contributed by atoms with van der Waals surface area (Å²) in [7, 11) is 0. The molecule has 23 heavy (non-hydrogen) atoms. The highest BCUT2D eigenvalue weighted by atomic mass is 16.4. The molecule has 1 aromatic heterocycles. The van der Waals surface area contributed by atoms with Crippen LogP contribution in [0.2, 0.25) is 0 Å². The third-order valence-electron chi connectivity index (χ3n) is 3.78. The first-order valence-electron chi connectivity index (χ1n) is 7.31. The van der Waals surface area contributed by atoms with Gasteiger partial charge in [-0.15, -0.1) is 0 Å². The predicted molar refractivity (Wildman–Crippen MR) is 89.3 cm³/mol. The lowest BCUT2D eigenvalue weighted by Crippen LogP contribution is -2.09. The van der Waals surface area contributed by atoms with Gasteiger partial charge in [-0.05, 0) is 19.4 Å². The van der Waals surface area contributed by atoms with Crippen LogP contribution in [0, 0.1) is 13.8 Å². The van der Waals surface area contributed by atoms with E-state index in [0.717, 1.165) is 22.3 Å². The van der Waals surface area contributed by atoms with E-state index in [1.54, 1.807) is 0 Å². The Morgan fingerprint density at radius 1 is 0.870 bits per heavy atom. The van der Waals surface area contributed by atoms with Crippen LogP contribution in [0.5, 0.6) is 0 Å². The summed E-state index contributed by atoms with van der Waals surface area (Å²) >= 11 is 0. The van der Waals surface area contributed by atoms with Crippen LogP contribution in [0.25, 0.3) is 22.5 Å². The van der Waals surface area contributed by atoms with Crippen LogP contribution in [-0.4, -0.2) is 21.0 Å². The highest BCUT2D eigenvalue weighted by Gasteiger charge is 2.18. The summed E-state index contributed by atoms with van der Waals surface area (Å²) in [5, 5.41) is 9.36. The van der Waals surface area contributed by atoms with E-state index in [-0.39, 0.29) is 5.82 Å². The molecule has 3 rings (SSSR count). The zero-order valence-electron chi connectivity index (χ0n) is 12.9. The van der Waals surface area contributed by atoms with Gasteiger partial charge >= 0.3 is 5.97 Å². The number of carbonyl (C=O) groups is 1. The molecule has 0 spiro atoms. The third kappa shape index (κ3) is 2.83. The van der Waals surface area contributed by atoms with Crippen molar-refractivity contribution in [1.29, 1.82) is 0 Å². The molecular weight excluding hydrogens is 288 g/mol. The van der Waals surface area contributed by atoms with Gasteiger partial charge in [-0.1, -0.05) is 54.6 Å². The molecule has 4 nitrogen and oxygen atoms in total. The summed E-state index contributed by atoms with van der Waals surface area (Å²) in [5.41, 5.74) is 5.03. The summed E-state index contributed by atoms with van der Waals surface area (Å²) in [6.07, 6.45) is 0. The number of carboxylic acid groups (broad SMARTS) is 1. The number of benzene rings is 2. The molecule has 0 aliphatic heterocycles. The summed E-state index contributed by atoms with van der Waals surface area (Å²) in [6.45, 7) is 3.91. The fourth-order valence-electron chi connectivity index (χ4n) is 2.59. The van der Waals surface area contributed by atoms with E-state index in [1.807, 2.05) is 68.4 Å². The zero-order chi connectivity index (χ0) is 16.4. The normalized spacial score (nSPS) is 10.5. The molecule has 1 N–H and O–H groups in total. The Morgan fingerprint density at radius 2 is 1.48 bits per heavy atom. The zero-order valence-corrected chi connectivity index (χ0v) is 12.9. The molecule has 0 fully saturated rings. The molecule has 2 aromatic carbocycles. The highest BCUT2D eigenvalue weighted by Crippen LogP contribution is 2.30. The van der Waals surface area contributed by atoms with Gasteiger partial charge in [-0.3, -0.25) is 0 Å². The molecule has 1 heterocycles. The van der Waals surface area contributed by atoms with Crippen LogP contribution in [0.3, 0.4) is 0 Å². The van der Waals surface area contributed by atoms with Crippen molar-refractivity contribution in [1.82, 2.24) is 9.97 Å². The first-order valence-corrected chi connectivity index (χ1v) is 7.31. The largest absolute Gasteiger partial charge is 0.475 e. The van der Waals surface area contributed by atoms with Crippen molar-refractivity contribution in [2.24, 2.45) is 0 Å². The Kier molecular flexibility index (Phi) is 3.89. The second kappa shape index (κ2) is 6.01. The average molecular weight is 304 g/mol. The Labute approximate surface area is 134 Å². The monoisotopic (exact) mass is 304 g/mol. The maximum absolute atomic E-state index is 11.4. The molecule has 0 aliphatic carbocycles. The second-order valence-electron chi connectivity index (χ2n) is 5.36. The van der Waals surface area contributed by atoms with Crippen molar-refractivity contribution >= 4 is 5.97 Å². The number of aromatic carboxylic acids is 1. The summed E-state index contributed by atoms with van der Waals surface area (Å²) < 4.78 is 0. The number of carboxylic acids is 1. The highest BCUT2D eigenvalue weighted by molar-refractivity contribution is 5.86. The Hall–Kier alpha value is -3.01. The molecule has 0 radical (unpaired) electrons. The molecular formula is C19H16N2O2. The third-order valence-corrected chi connectivity index (χ3v) is 3.78. The maximum Gasteiger partial charge on any atom is 0.373 e. The minimum absolute atomic E-state index is 0.187. The van der Waals surface area contributed by atoms with Crippen molar-refractivity contribution in [2.45, 2.75) is 13.8 Å². The fraction of sp³-hybridized carbons (Fsp3) is 0.105. The summed E-state index contributed by atoms with van der Waals surface area (Å²) in [4.78, 5) is 20.0. The Morgan fingerprint density at radius 3 is 2.13 bits per heavy atom. The van der Waals surface area contributed by atoms with Gasteiger partial charge in [-0.2, -0.15) is 0 Å². The van der Waals surface area contributed by atoms with Gasteiger partial charge in [0.2, 0.25) is 5.82 Å². The SMILES string of the molecule is Cc1ccccc1-c1nc(C(=O)O)nc(-c2ccccc2)c1C. The van der Waals surface area contributed by atoms with Gasteiger partial charge in [0.15, 0.2) is 0 Å². The van der Waals surface area contributed by atoms with E-state index < -0.39 is 5.97 Å². The summed E-state index contributed by atoms with van der Waals surface area (Å²) in [5.74, 6) is -1.32. The molecule has 114 valence electrons. The molecule has 3 aromatic rings. The fourth-order valence-corrected chi connectivity index (χ4v) is 2.59. The molecule has 0 saturated heterocycles. The van der Waals surface area contributed by atoms with Crippen LogP contribution in [0.15, 0.2) is 54.6 Å². The van der Waals surface area contributed by atoms with Crippen molar-refractivity contribution in [3.63, 3.8) is 0 Å². The molecule has 0 unspecified atom stereocenters.